The molecule has 3 heterocycles. The van der Waals surface area contributed by atoms with Gasteiger partial charge in [-0.3, -0.25) is 9.59 Å². The lowest BCUT2D eigenvalue weighted by Gasteiger charge is -2.18. The van der Waals surface area contributed by atoms with Gasteiger partial charge in [0.25, 0.3) is 0 Å². The van der Waals surface area contributed by atoms with Crippen molar-refractivity contribution in [2.24, 2.45) is 0 Å². The molecule has 266 valence electrons. The predicted molar refractivity (Wildman–Crippen MR) is 181 cm³/mol. The monoisotopic (exact) mass is 700 g/mol. The highest BCUT2D eigenvalue weighted by Gasteiger charge is 2.37. The van der Waals surface area contributed by atoms with Crippen molar-refractivity contribution in [3.8, 4) is 0 Å². The Kier molecular flexibility index (Phi) is 10.5. The molecule has 2 fully saturated rings. The van der Waals surface area contributed by atoms with Crippen LogP contribution in [0, 0.1) is 0 Å². The summed E-state index contributed by atoms with van der Waals surface area (Å²) in [5.74, 6) is -0.335. The first-order valence-corrected chi connectivity index (χ1v) is 16.8. The van der Waals surface area contributed by atoms with E-state index >= 15 is 0 Å². The number of pyridine rings is 1. The van der Waals surface area contributed by atoms with Gasteiger partial charge >= 0.3 is 12.4 Å². The molecule has 3 N–H and O–H groups in total. The van der Waals surface area contributed by atoms with E-state index in [1.54, 1.807) is 36.4 Å². The van der Waals surface area contributed by atoms with Crippen molar-refractivity contribution in [3.05, 3.63) is 71.3 Å². The number of anilines is 3. The predicted octanol–water partition coefficient (Wildman–Crippen LogP) is 7.89. The molecule has 0 aliphatic carbocycles. The molecule has 0 bridgehead atoms. The van der Waals surface area contributed by atoms with Crippen LogP contribution in [0.4, 0.5) is 43.4 Å². The van der Waals surface area contributed by atoms with Crippen molar-refractivity contribution in [3.63, 3.8) is 0 Å². The highest BCUT2D eigenvalue weighted by molar-refractivity contribution is 6.09. The fraction of sp³-hybridized carbons (Fsp3) is 0.417. The van der Waals surface area contributed by atoms with E-state index in [0.717, 1.165) is 51.9 Å². The molecule has 3 aromatic carbocycles. The van der Waals surface area contributed by atoms with Crippen molar-refractivity contribution in [2.75, 3.05) is 55.2 Å². The van der Waals surface area contributed by atoms with E-state index in [0.29, 0.717) is 76.9 Å². The number of hydrogen-bond donors (Lipinski definition) is 3. The molecule has 0 saturated carbocycles. The van der Waals surface area contributed by atoms with Crippen LogP contribution >= 0.6 is 0 Å². The molecule has 2 amide bonds. The molecule has 0 radical (unpaired) electrons. The number of benzene rings is 3. The van der Waals surface area contributed by atoms with Crippen LogP contribution in [0.3, 0.4) is 0 Å². The Morgan fingerprint density at radius 3 is 1.50 bits per heavy atom. The van der Waals surface area contributed by atoms with E-state index in [1.165, 1.54) is 0 Å². The fourth-order valence-electron chi connectivity index (χ4n) is 6.58. The van der Waals surface area contributed by atoms with Crippen LogP contribution < -0.4 is 16.0 Å². The van der Waals surface area contributed by atoms with Crippen molar-refractivity contribution < 1.29 is 35.9 Å². The second-order valence-corrected chi connectivity index (χ2v) is 12.9. The van der Waals surface area contributed by atoms with E-state index in [2.05, 4.69) is 25.8 Å². The quantitative estimate of drug-likeness (QED) is 0.109. The van der Waals surface area contributed by atoms with E-state index < -0.39 is 23.5 Å². The lowest BCUT2D eigenvalue weighted by atomic mass is 10.0. The Bertz CT molecular complexity index is 1740. The lowest BCUT2D eigenvalue weighted by Crippen LogP contribution is -2.25. The maximum Gasteiger partial charge on any atom is 0.416 e. The number of fused-ring (bicyclic) bond motifs is 2. The number of carbonyl (C=O) groups is 2. The highest BCUT2D eigenvalue weighted by atomic mass is 19.4. The van der Waals surface area contributed by atoms with Crippen molar-refractivity contribution in [1.29, 1.82) is 0 Å². The van der Waals surface area contributed by atoms with Crippen LogP contribution in [0.1, 0.15) is 55.2 Å². The molecule has 6 rings (SSSR count). The maximum absolute atomic E-state index is 13.6. The number of nitrogens with zero attached hydrogens (tertiary/aromatic N) is 3. The van der Waals surface area contributed by atoms with Crippen molar-refractivity contribution in [1.82, 2.24) is 14.8 Å². The van der Waals surface area contributed by atoms with E-state index in [-0.39, 0.29) is 30.0 Å². The standard InChI is InChI=1S/C36H38F6N6O2/c37-35(38,39)24-17-23(18-25(19-24)36(40,41)42)22-43-34-28-7-5-26(44-32(49)9-15-47-11-1-2-12-47)20-30(28)46-31-21-27(6-8-29(31)34)45-33(50)10-16-48-13-3-4-14-48/h5-8,17-21H,1-4,9-16,22H2,(H,43,46)(H,44,49)(H,45,50). The van der Waals surface area contributed by atoms with Gasteiger partial charge in [-0.1, -0.05) is 0 Å². The zero-order valence-electron chi connectivity index (χ0n) is 27.3. The molecule has 8 nitrogen and oxygen atoms in total. The Hall–Kier alpha value is -4.43. The first-order valence-electron chi connectivity index (χ1n) is 16.8. The van der Waals surface area contributed by atoms with Crippen LogP contribution in [-0.2, 0) is 28.5 Å². The van der Waals surface area contributed by atoms with Gasteiger partial charge in [0.15, 0.2) is 0 Å². The van der Waals surface area contributed by atoms with Crippen LogP contribution in [-0.4, -0.2) is 65.9 Å². The van der Waals surface area contributed by atoms with Gasteiger partial charge in [-0.15, -0.1) is 0 Å². The highest BCUT2D eigenvalue weighted by Crippen LogP contribution is 2.38. The second-order valence-electron chi connectivity index (χ2n) is 12.9. The number of hydrogen-bond acceptors (Lipinski definition) is 6. The molecule has 2 aliphatic rings. The largest absolute Gasteiger partial charge is 0.416 e. The third-order valence-electron chi connectivity index (χ3n) is 9.17. The van der Waals surface area contributed by atoms with Gasteiger partial charge < -0.3 is 25.8 Å². The number of alkyl halides is 6. The first kappa shape index (κ1) is 35.4. The van der Waals surface area contributed by atoms with Crippen molar-refractivity contribution >= 4 is 50.7 Å². The number of rotatable bonds is 11. The third kappa shape index (κ3) is 8.83. The SMILES string of the molecule is O=C(CCN1CCCC1)Nc1ccc2c(NCc3cc(C(F)(F)F)cc(C(F)(F)F)c3)c3ccc(NC(=O)CCN4CCCC4)cc3nc2c1. The van der Waals surface area contributed by atoms with Gasteiger partial charge in [0, 0.05) is 54.6 Å². The molecular formula is C36H38F6N6O2. The van der Waals surface area contributed by atoms with E-state index in [4.69, 9.17) is 4.98 Å². The minimum atomic E-state index is -4.98. The molecule has 0 unspecified atom stereocenters. The normalized spacial score (nSPS) is 16.0. The molecule has 14 heteroatoms. The number of likely N-dealkylation sites (tertiary alicyclic amines) is 2. The van der Waals surface area contributed by atoms with Crippen LogP contribution in [0.15, 0.2) is 54.6 Å². The molecule has 4 aromatic rings. The van der Waals surface area contributed by atoms with Crippen LogP contribution in [0.2, 0.25) is 0 Å². The van der Waals surface area contributed by atoms with Gasteiger partial charge in [-0.25, -0.2) is 4.98 Å². The average Bonchev–Trinajstić information content (AvgIpc) is 3.79. The first-order chi connectivity index (χ1) is 23.8. The average molecular weight is 701 g/mol. The Balaban J connectivity index is 1.30. The van der Waals surface area contributed by atoms with Crippen LogP contribution in [0.5, 0.6) is 0 Å². The number of carbonyl (C=O) groups excluding carboxylic acids is 2. The van der Waals surface area contributed by atoms with Gasteiger partial charge in [-0.2, -0.15) is 26.3 Å². The van der Waals surface area contributed by atoms with E-state index in [9.17, 15) is 35.9 Å². The maximum atomic E-state index is 13.6. The molecule has 50 heavy (non-hydrogen) atoms. The molecule has 2 saturated heterocycles. The number of halogens is 6. The minimum absolute atomic E-state index is 0.0999. The zero-order chi connectivity index (χ0) is 35.5. The van der Waals surface area contributed by atoms with E-state index in [1.807, 2.05) is 0 Å². The fourth-order valence-corrected chi connectivity index (χ4v) is 6.58. The van der Waals surface area contributed by atoms with Gasteiger partial charge in [0.1, 0.15) is 0 Å². The van der Waals surface area contributed by atoms with Crippen LogP contribution in [0.25, 0.3) is 21.8 Å². The van der Waals surface area contributed by atoms with Crippen molar-refractivity contribution in [2.45, 2.75) is 57.4 Å². The summed E-state index contributed by atoms with van der Waals surface area (Å²) < 4.78 is 81.4. The number of nitrogens with one attached hydrogen (secondary N) is 3. The summed E-state index contributed by atoms with van der Waals surface area (Å²) in [6.45, 7) is 4.81. The Morgan fingerprint density at radius 1 is 0.640 bits per heavy atom. The molecule has 0 atom stereocenters. The van der Waals surface area contributed by atoms with Gasteiger partial charge in [0.05, 0.1) is 27.8 Å². The lowest BCUT2D eigenvalue weighted by molar-refractivity contribution is -0.143. The smallest absolute Gasteiger partial charge is 0.380 e. The Morgan fingerprint density at radius 2 is 1.08 bits per heavy atom. The Labute approximate surface area is 285 Å². The summed E-state index contributed by atoms with van der Waals surface area (Å²) >= 11 is 0. The summed E-state index contributed by atoms with van der Waals surface area (Å²) in [6, 6.07) is 11.6. The number of aromatic nitrogens is 1. The molecule has 0 spiro atoms. The summed E-state index contributed by atoms with van der Waals surface area (Å²) in [7, 11) is 0. The second kappa shape index (κ2) is 14.8. The molecule has 1 aromatic heterocycles. The zero-order valence-corrected chi connectivity index (χ0v) is 27.3. The molecular weight excluding hydrogens is 662 g/mol. The number of amides is 2. The topological polar surface area (TPSA) is 89.6 Å². The summed E-state index contributed by atoms with van der Waals surface area (Å²) in [4.78, 5) is 34.8. The summed E-state index contributed by atoms with van der Waals surface area (Å²) in [5, 5.41) is 9.94. The van der Waals surface area contributed by atoms with Gasteiger partial charge in [-0.05, 0) is 112 Å². The molecule has 2 aliphatic heterocycles. The third-order valence-corrected chi connectivity index (χ3v) is 9.17. The van der Waals surface area contributed by atoms with Gasteiger partial charge in [0.2, 0.25) is 11.8 Å². The summed E-state index contributed by atoms with van der Waals surface area (Å²) in [6.07, 6.45) is -4.87. The summed E-state index contributed by atoms with van der Waals surface area (Å²) in [5.41, 5.74) is -0.761. The minimum Gasteiger partial charge on any atom is -0.380 e.